The van der Waals surface area contributed by atoms with Crippen LogP contribution in [0.25, 0.3) is 0 Å². The molecule has 10 nitrogen and oxygen atoms in total. The number of amides is 4. The van der Waals surface area contributed by atoms with Crippen LogP contribution in [0.15, 0.2) is 29.8 Å². The van der Waals surface area contributed by atoms with Gasteiger partial charge >= 0.3 is 5.97 Å². The summed E-state index contributed by atoms with van der Waals surface area (Å²) in [5.74, 6) is -6.14. The third-order valence-corrected chi connectivity index (χ3v) is 10.8. The van der Waals surface area contributed by atoms with E-state index in [4.69, 9.17) is 33.0 Å². The Morgan fingerprint density at radius 3 is 2.46 bits per heavy atom. The van der Waals surface area contributed by atoms with E-state index in [2.05, 4.69) is 15.9 Å². The highest BCUT2D eigenvalue weighted by Gasteiger charge is 2.76. The average Bonchev–Trinajstić information content (AvgIpc) is 3.26. The molecule has 0 bridgehead atoms. The number of phenolic OH excluding ortho intramolecular Hbond substituents is 1. The lowest BCUT2D eigenvalue weighted by Crippen LogP contribution is -2.60. The van der Waals surface area contributed by atoms with Crippen LogP contribution in [0, 0.1) is 17.8 Å². The maximum Gasteiger partial charge on any atom is 0.303 e. The van der Waals surface area contributed by atoms with Crippen LogP contribution in [0.1, 0.15) is 50.0 Å². The molecule has 4 amide bonds. The Balaban J connectivity index is 1.56. The van der Waals surface area contributed by atoms with Crippen molar-refractivity contribution >= 4 is 68.7 Å². The number of likely N-dealkylation sites (tertiary alicyclic amines) is 2. The molecule has 1 aromatic rings. The van der Waals surface area contributed by atoms with Gasteiger partial charge in [-0.15, -0.1) is 23.2 Å². The van der Waals surface area contributed by atoms with Gasteiger partial charge in [0, 0.05) is 24.4 Å². The predicted molar refractivity (Wildman–Crippen MR) is 151 cm³/mol. The van der Waals surface area contributed by atoms with Crippen molar-refractivity contribution in [3.63, 3.8) is 0 Å². The predicted octanol–water partition coefficient (Wildman–Crippen LogP) is 3.76. The van der Waals surface area contributed by atoms with Crippen LogP contribution >= 0.6 is 39.1 Å². The maximum atomic E-state index is 13.8. The van der Waals surface area contributed by atoms with E-state index in [1.165, 1.54) is 24.1 Å². The molecule has 6 unspecified atom stereocenters. The van der Waals surface area contributed by atoms with E-state index in [0.29, 0.717) is 30.6 Å². The van der Waals surface area contributed by atoms with E-state index < -0.39 is 51.2 Å². The number of alkyl halides is 3. The standard InChI is InChI=1S/C28H29BrCl2N2O8/c1-41-14-6-9-19(34)17(11-14)22-15-7-8-16-21(24(38)32(23(16)37)10-4-2-3-5-20(35)36)18(15)12-27(30)25(39)33(13-29)26(40)28(22,27)31/h6-7,9,11,16,18,21-22,34H,2-5,8,10,12-13H2,1H3,(H,35,36). The Labute approximate surface area is 254 Å². The number of methoxy groups -OCH3 is 1. The molecule has 4 aliphatic rings. The summed E-state index contributed by atoms with van der Waals surface area (Å²) < 4.78 is 5.36. The van der Waals surface area contributed by atoms with Crippen molar-refractivity contribution in [2.75, 3.05) is 19.1 Å². The lowest BCUT2D eigenvalue weighted by atomic mass is 9.56. The van der Waals surface area contributed by atoms with Crippen LogP contribution < -0.4 is 4.74 Å². The second kappa shape index (κ2) is 10.9. The number of carbonyl (C=O) groups is 5. The number of carboxylic acids is 1. The largest absolute Gasteiger partial charge is 0.508 e. The molecule has 3 fully saturated rings. The quantitative estimate of drug-likeness (QED) is 0.133. The zero-order valence-electron chi connectivity index (χ0n) is 22.1. The Morgan fingerprint density at radius 1 is 1.07 bits per heavy atom. The molecule has 220 valence electrons. The van der Waals surface area contributed by atoms with Gasteiger partial charge in [0.05, 0.1) is 24.4 Å². The molecule has 2 aliphatic carbocycles. The number of aliphatic carboxylic acids is 1. The molecule has 0 radical (unpaired) electrons. The number of carboxylic acid groups (broad SMARTS) is 1. The van der Waals surface area contributed by atoms with Crippen LogP contribution in [0.2, 0.25) is 0 Å². The molecule has 1 saturated carbocycles. The van der Waals surface area contributed by atoms with Crippen LogP contribution in [0.4, 0.5) is 0 Å². The lowest BCUT2D eigenvalue weighted by molar-refractivity contribution is -0.141. The van der Waals surface area contributed by atoms with Crippen LogP contribution in [0.3, 0.4) is 0 Å². The number of allylic oxidation sites excluding steroid dienone is 2. The van der Waals surface area contributed by atoms with E-state index >= 15 is 0 Å². The monoisotopic (exact) mass is 670 g/mol. The molecule has 0 spiro atoms. The minimum atomic E-state index is -2.02. The number of hydrogen-bond donors (Lipinski definition) is 2. The van der Waals surface area contributed by atoms with Crippen molar-refractivity contribution in [1.29, 1.82) is 0 Å². The highest BCUT2D eigenvalue weighted by Crippen LogP contribution is 2.66. The van der Waals surface area contributed by atoms with Crippen molar-refractivity contribution in [1.82, 2.24) is 9.80 Å². The fourth-order valence-electron chi connectivity index (χ4n) is 7.00. The van der Waals surface area contributed by atoms with E-state index in [0.717, 1.165) is 4.90 Å². The van der Waals surface area contributed by atoms with Gasteiger partial charge in [0.1, 0.15) is 11.5 Å². The summed E-state index contributed by atoms with van der Waals surface area (Å²) >= 11 is 17.5. The van der Waals surface area contributed by atoms with Gasteiger partial charge in [-0.3, -0.25) is 33.8 Å². The molecule has 13 heteroatoms. The molecular formula is C28H29BrCl2N2O8. The number of halogens is 3. The van der Waals surface area contributed by atoms with E-state index in [1.54, 1.807) is 12.1 Å². The second-order valence-electron chi connectivity index (χ2n) is 10.9. The van der Waals surface area contributed by atoms with Gasteiger partial charge in [-0.2, -0.15) is 0 Å². The Hall–Kier alpha value is -2.63. The highest BCUT2D eigenvalue weighted by atomic mass is 79.9. The summed E-state index contributed by atoms with van der Waals surface area (Å²) in [5, 5.41) is 19.9. The lowest BCUT2D eigenvalue weighted by Gasteiger charge is -2.50. The number of ether oxygens (including phenoxy) is 1. The topological polar surface area (TPSA) is 142 Å². The summed E-state index contributed by atoms with van der Waals surface area (Å²) in [6, 6.07) is 4.48. The molecule has 2 N–H and O–H groups in total. The van der Waals surface area contributed by atoms with E-state index in [-0.39, 0.29) is 54.4 Å². The fraction of sp³-hybridized carbons (Fsp3) is 0.536. The summed E-state index contributed by atoms with van der Waals surface area (Å²) in [6.07, 6.45) is 3.32. The smallest absolute Gasteiger partial charge is 0.303 e. The molecule has 0 aromatic heterocycles. The molecule has 6 atom stereocenters. The second-order valence-corrected chi connectivity index (χ2v) is 12.7. The number of phenols is 1. The molecular weight excluding hydrogens is 643 g/mol. The zero-order chi connectivity index (χ0) is 29.9. The third kappa shape index (κ3) is 4.38. The first-order valence-corrected chi connectivity index (χ1v) is 15.2. The van der Waals surface area contributed by atoms with Crippen LogP contribution in [-0.4, -0.2) is 78.5 Å². The summed E-state index contributed by atoms with van der Waals surface area (Å²) in [5.41, 5.74) is 0.652. The van der Waals surface area contributed by atoms with Gasteiger partial charge in [-0.1, -0.05) is 34.0 Å². The number of unbranched alkanes of at least 4 members (excludes halogenated alkanes) is 2. The Morgan fingerprint density at radius 2 is 1.80 bits per heavy atom. The van der Waals surface area contributed by atoms with Crippen LogP contribution in [0.5, 0.6) is 11.5 Å². The fourth-order valence-corrected chi connectivity index (χ4v) is 8.42. The maximum absolute atomic E-state index is 13.8. The molecule has 1 aromatic carbocycles. The Bertz CT molecular complexity index is 1370. The van der Waals surface area contributed by atoms with E-state index in [1.807, 2.05) is 0 Å². The zero-order valence-corrected chi connectivity index (χ0v) is 25.2. The van der Waals surface area contributed by atoms with Crippen molar-refractivity contribution in [3.05, 3.63) is 35.4 Å². The summed E-state index contributed by atoms with van der Waals surface area (Å²) in [4.78, 5) is 63.6. The highest BCUT2D eigenvalue weighted by molar-refractivity contribution is 9.09. The summed E-state index contributed by atoms with van der Waals surface area (Å²) in [6.45, 7) is 0.159. The number of benzene rings is 1. The van der Waals surface area contributed by atoms with Gasteiger partial charge in [0.25, 0.3) is 11.8 Å². The SMILES string of the molecule is COc1ccc(O)c(C2C3=CCC4C(=O)N(CCCCCC(=O)O)C(=O)C4C3CC3(Cl)C(=O)N(CBr)C(=O)C23Cl)c1. The average molecular weight is 672 g/mol. The van der Waals surface area contributed by atoms with Crippen LogP contribution in [-0.2, 0) is 24.0 Å². The van der Waals surface area contributed by atoms with E-state index in [9.17, 15) is 29.1 Å². The number of imide groups is 2. The first kappa shape index (κ1) is 29.8. The van der Waals surface area contributed by atoms with Gasteiger partial charge < -0.3 is 14.9 Å². The summed E-state index contributed by atoms with van der Waals surface area (Å²) in [7, 11) is 1.45. The van der Waals surface area contributed by atoms with Gasteiger partial charge in [0.2, 0.25) is 11.8 Å². The third-order valence-electron chi connectivity index (χ3n) is 8.92. The number of fused-ring (bicyclic) bond motifs is 4. The van der Waals surface area contributed by atoms with Gasteiger partial charge in [-0.25, -0.2) is 0 Å². The normalized spacial score (nSPS) is 32.5. The molecule has 2 heterocycles. The van der Waals surface area contributed by atoms with Gasteiger partial charge in [-0.05, 0) is 49.8 Å². The van der Waals surface area contributed by atoms with Crippen molar-refractivity contribution in [2.24, 2.45) is 17.8 Å². The van der Waals surface area contributed by atoms with Crippen molar-refractivity contribution in [2.45, 2.75) is 54.2 Å². The number of hydrogen-bond acceptors (Lipinski definition) is 7. The number of rotatable bonds is 9. The first-order chi connectivity index (χ1) is 19.4. The van der Waals surface area contributed by atoms with Crippen molar-refractivity contribution < 1.29 is 38.9 Å². The number of nitrogens with zero attached hydrogens (tertiary/aromatic N) is 2. The number of carbonyl (C=O) groups excluding carboxylic acids is 4. The Kier molecular flexibility index (Phi) is 7.93. The minimum Gasteiger partial charge on any atom is -0.508 e. The van der Waals surface area contributed by atoms with Crippen molar-refractivity contribution in [3.8, 4) is 11.5 Å². The molecule has 2 aliphatic heterocycles. The molecule has 5 rings (SSSR count). The molecule has 41 heavy (non-hydrogen) atoms. The number of aromatic hydroxyl groups is 1. The minimum absolute atomic E-state index is 0.0111. The van der Waals surface area contributed by atoms with Gasteiger partial charge in [0.15, 0.2) is 9.75 Å². The molecule has 2 saturated heterocycles. The first-order valence-electron chi connectivity index (χ1n) is 13.4.